The maximum Gasteiger partial charge on any atom is 0.160 e. The van der Waals surface area contributed by atoms with E-state index in [1.807, 2.05) is 19.2 Å². The Kier molecular flexibility index (Phi) is 4.52. The van der Waals surface area contributed by atoms with E-state index in [0.717, 1.165) is 47.1 Å². The Bertz CT molecular complexity index is 636. The zero-order chi connectivity index (χ0) is 15.0. The largest absolute Gasteiger partial charge is 0.310 e. The average molecular weight is 372 g/mol. The van der Waals surface area contributed by atoms with Crippen LogP contribution in [0.15, 0.2) is 16.7 Å². The number of alkyl halides is 1. The van der Waals surface area contributed by atoms with E-state index in [-0.39, 0.29) is 5.38 Å². The van der Waals surface area contributed by atoms with Gasteiger partial charge in [-0.05, 0) is 48.3 Å². The molecular weight excluding hydrogens is 352 g/mol. The predicted octanol–water partition coefficient (Wildman–Crippen LogP) is 3.98. The first-order chi connectivity index (χ1) is 10.1. The van der Waals surface area contributed by atoms with Crippen LogP contribution in [0.5, 0.6) is 0 Å². The van der Waals surface area contributed by atoms with Crippen molar-refractivity contribution in [2.75, 3.05) is 13.1 Å². The lowest BCUT2D eigenvalue weighted by Crippen LogP contribution is -2.29. The second-order valence-electron chi connectivity index (χ2n) is 5.59. The summed E-state index contributed by atoms with van der Waals surface area (Å²) >= 11 is 9.76. The van der Waals surface area contributed by atoms with Gasteiger partial charge in [-0.2, -0.15) is 0 Å². The molecule has 2 aromatic rings. The molecule has 1 atom stereocenters. The summed E-state index contributed by atoms with van der Waals surface area (Å²) in [7, 11) is 0. The van der Waals surface area contributed by atoms with Crippen LogP contribution >= 0.6 is 27.5 Å². The molecule has 2 heterocycles. The summed E-state index contributed by atoms with van der Waals surface area (Å²) in [4.78, 5) is 11.7. The minimum atomic E-state index is -0.117. The maximum absolute atomic E-state index is 6.31. The molecule has 114 valence electrons. The molecule has 1 aliphatic rings. The Hall–Kier alpha value is -0.650. The van der Waals surface area contributed by atoms with Crippen molar-refractivity contribution in [1.82, 2.24) is 19.4 Å². The topological polar surface area (TPSA) is 34.0 Å². The number of rotatable bonds is 6. The molecule has 0 aliphatic heterocycles. The summed E-state index contributed by atoms with van der Waals surface area (Å²) in [6.07, 6.45) is 4.49. The Morgan fingerprint density at radius 3 is 2.90 bits per heavy atom. The lowest BCUT2D eigenvalue weighted by Gasteiger charge is -2.21. The highest BCUT2D eigenvalue weighted by Crippen LogP contribution is 2.28. The standard InChI is InChI=1S/C15H20BrClN4/c1-3-20(12-4-5-12)6-7-21-14(10(2)17)19-13-8-11(16)9-18-15(13)21/h8-10,12H,3-7H2,1-2H3. The van der Waals surface area contributed by atoms with Gasteiger partial charge in [0.2, 0.25) is 0 Å². The molecule has 0 N–H and O–H groups in total. The van der Waals surface area contributed by atoms with Gasteiger partial charge in [-0.3, -0.25) is 4.90 Å². The fraction of sp³-hybridized carbons (Fsp3) is 0.600. The van der Waals surface area contributed by atoms with E-state index in [4.69, 9.17) is 11.6 Å². The highest BCUT2D eigenvalue weighted by atomic mass is 79.9. The van der Waals surface area contributed by atoms with Crippen molar-refractivity contribution in [2.24, 2.45) is 0 Å². The first-order valence-corrected chi connectivity index (χ1v) is 8.73. The third-order valence-electron chi connectivity index (χ3n) is 4.02. The zero-order valence-corrected chi connectivity index (χ0v) is 14.7. The lowest BCUT2D eigenvalue weighted by molar-refractivity contribution is 0.266. The number of halogens is 2. The number of pyridine rings is 1. The fourth-order valence-electron chi connectivity index (χ4n) is 2.80. The van der Waals surface area contributed by atoms with E-state index < -0.39 is 0 Å². The van der Waals surface area contributed by atoms with E-state index in [2.05, 4.69) is 42.3 Å². The van der Waals surface area contributed by atoms with Crippen molar-refractivity contribution in [3.05, 3.63) is 22.6 Å². The van der Waals surface area contributed by atoms with Crippen LogP contribution in [0.25, 0.3) is 11.2 Å². The van der Waals surface area contributed by atoms with Crippen LogP contribution in [0, 0.1) is 0 Å². The number of imidazole rings is 1. The number of fused-ring (bicyclic) bond motifs is 1. The fourth-order valence-corrected chi connectivity index (χ4v) is 3.28. The van der Waals surface area contributed by atoms with E-state index >= 15 is 0 Å². The summed E-state index contributed by atoms with van der Waals surface area (Å²) < 4.78 is 3.12. The van der Waals surface area contributed by atoms with Crippen molar-refractivity contribution in [3.63, 3.8) is 0 Å². The third kappa shape index (κ3) is 3.25. The molecular formula is C15H20BrClN4. The Morgan fingerprint density at radius 1 is 1.52 bits per heavy atom. The first-order valence-electron chi connectivity index (χ1n) is 7.50. The molecule has 1 aliphatic carbocycles. The third-order valence-corrected chi connectivity index (χ3v) is 4.65. The van der Waals surface area contributed by atoms with Crippen molar-refractivity contribution >= 4 is 38.7 Å². The zero-order valence-electron chi connectivity index (χ0n) is 12.4. The van der Waals surface area contributed by atoms with Gasteiger partial charge >= 0.3 is 0 Å². The van der Waals surface area contributed by atoms with E-state index in [1.54, 1.807) is 0 Å². The number of hydrogen-bond acceptors (Lipinski definition) is 3. The summed E-state index contributed by atoms with van der Waals surface area (Å²) in [5.41, 5.74) is 1.83. The molecule has 3 rings (SSSR count). The Labute approximate surface area is 138 Å². The van der Waals surface area contributed by atoms with Gasteiger partial charge in [-0.15, -0.1) is 11.6 Å². The maximum atomic E-state index is 6.31. The predicted molar refractivity (Wildman–Crippen MR) is 89.8 cm³/mol. The van der Waals surface area contributed by atoms with Crippen molar-refractivity contribution in [3.8, 4) is 0 Å². The molecule has 6 heteroatoms. The van der Waals surface area contributed by atoms with Crippen LogP contribution in [0.1, 0.15) is 37.9 Å². The smallest absolute Gasteiger partial charge is 0.160 e. The molecule has 1 unspecified atom stereocenters. The van der Waals surface area contributed by atoms with Crippen LogP contribution in [0.2, 0.25) is 0 Å². The van der Waals surface area contributed by atoms with Gasteiger partial charge in [0.1, 0.15) is 11.3 Å². The van der Waals surface area contributed by atoms with Gasteiger partial charge < -0.3 is 4.57 Å². The van der Waals surface area contributed by atoms with Gasteiger partial charge in [-0.25, -0.2) is 9.97 Å². The quantitative estimate of drug-likeness (QED) is 0.720. The number of nitrogens with zero attached hydrogens (tertiary/aromatic N) is 4. The molecule has 4 nitrogen and oxygen atoms in total. The van der Waals surface area contributed by atoms with Crippen LogP contribution in [0.4, 0.5) is 0 Å². The summed E-state index contributed by atoms with van der Waals surface area (Å²) in [6, 6.07) is 2.78. The minimum absolute atomic E-state index is 0.117. The van der Waals surface area contributed by atoms with Gasteiger partial charge in [0.15, 0.2) is 5.65 Å². The summed E-state index contributed by atoms with van der Waals surface area (Å²) in [5, 5.41) is -0.117. The van der Waals surface area contributed by atoms with E-state index in [9.17, 15) is 0 Å². The van der Waals surface area contributed by atoms with E-state index in [1.165, 1.54) is 12.8 Å². The van der Waals surface area contributed by atoms with Crippen LogP contribution in [-0.4, -0.2) is 38.6 Å². The normalized spacial score (nSPS) is 16.8. The number of hydrogen-bond donors (Lipinski definition) is 0. The lowest BCUT2D eigenvalue weighted by atomic mass is 10.4. The average Bonchev–Trinajstić information content (AvgIpc) is 3.21. The molecule has 21 heavy (non-hydrogen) atoms. The second-order valence-corrected chi connectivity index (χ2v) is 7.16. The first kappa shape index (κ1) is 15.3. The molecule has 0 spiro atoms. The summed E-state index contributed by atoms with van der Waals surface area (Å²) in [6.45, 7) is 7.21. The minimum Gasteiger partial charge on any atom is -0.310 e. The highest BCUT2D eigenvalue weighted by Gasteiger charge is 2.28. The molecule has 1 saturated carbocycles. The second kappa shape index (κ2) is 6.23. The van der Waals surface area contributed by atoms with Crippen LogP contribution in [-0.2, 0) is 6.54 Å². The molecule has 0 aromatic carbocycles. The van der Waals surface area contributed by atoms with Crippen LogP contribution in [0.3, 0.4) is 0 Å². The molecule has 0 bridgehead atoms. The van der Waals surface area contributed by atoms with Gasteiger partial charge in [0, 0.05) is 29.8 Å². The molecule has 0 saturated heterocycles. The van der Waals surface area contributed by atoms with Gasteiger partial charge in [-0.1, -0.05) is 6.92 Å². The Balaban J connectivity index is 1.89. The molecule has 0 radical (unpaired) electrons. The molecule has 2 aromatic heterocycles. The monoisotopic (exact) mass is 370 g/mol. The highest BCUT2D eigenvalue weighted by molar-refractivity contribution is 9.10. The SMILES string of the molecule is CCN(CCn1c(C(C)Cl)nc2cc(Br)cnc21)C1CC1. The van der Waals surface area contributed by atoms with Gasteiger partial charge in [0.25, 0.3) is 0 Å². The summed E-state index contributed by atoms with van der Waals surface area (Å²) in [5.74, 6) is 0.907. The van der Waals surface area contributed by atoms with Crippen LogP contribution < -0.4 is 0 Å². The van der Waals surface area contributed by atoms with Gasteiger partial charge in [0.05, 0.1) is 5.38 Å². The number of likely N-dealkylation sites (N-methyl/N-ethyl adjacent to an activating group) is 1. The number of aromatic nitrogens is 3. The van der Waals surface area contributed by atoms with Crippen molar-refractivity contribution in [1.29, 1.82) is 0 Å². The Morgan fingerprint density at radius 2 is 2.29 bits per heavy atom. The molecule has 1 fully saturated rings. The van der Waals surface area contributed by atoms with Crippen molar-refractivity contribution < 1.29 is 0 Å². The van der Waals surface area contributed by atoms with Crippen molar-refractivity contribution in [2.45, 2.75) is 44.7 Å². The molecule has 0 amide bonds. The van der Waals surface area contributed by atoms with E-state index in [0.29, 0.717) is 0 Å².